The number of imide groups is 1. The molecule has 0 bridgehead atoms. The molecule has 0 radical (unpaired) electrons. The van der Waals surface area contributed by atoms with E-state index in [4.69, 9.17) is 4.74 Å². The number of amidine groups is 1. The third kappa shape index (κ3) is 2.99. The molecule has 24 heavy (non-hydrogen) atoms. The van der Waals surface area contributed by atoms with Crippen molar-refractivity contribution in [1.29, 1.82) is 0 Å². The van der Waals surface area contributed by atoms with Crippen LogP contribution in [0.15, 0.2) is 29.0 Å². The van der Waals surface area contributed by atoms with Crippen molar-refractivity contribution in [1.82, 2.24) is 10.2 Å². The molecule has 1 unspecified atom stereocenters. The first-order chi connectivity index (χ1) is 11.5. The minimum Gasteiger partial charge on any atom is -0.499 e. The monoisotopic (exact) mass is 333 g/mol. The number of carbonyl (C=O) groups is 3. The van der Waals surface area contributed by atoms with Gasteiger partial charge in [-0.25, -0.2) is 4.79 Å². The van der Waals surface area contributed by atoms with Gasteiger partial charge in [-0.15, -0.1) is 11.6 Å². The lowest BCUT2D eigenvalue weighted by Gasteiger charge is -2.28. The van der Waals surface area contributed by atoms with Crippen molar-refractivity contribution in [3.05, 3.63) is 24.0 Å². The number of nitrogens with one attached hydrogen (secondary N) is 1. The Kier molecular flexibility index (Phi) is 5.28. The Bertz CT molecular complexity index is 690. The lowest BCUT2D eigenvalue weighted by molar-refractivity contribution is -0.408. The summed E-state index contributed by atoms with van der Waals surface area (Å²) in [5, 5.41) is 2.55. The third-order valence-electron chi connectivity index (χ3n) is 3.91. The molecule has 1 atom stereocenters. The Morgan fingerprint density at radius 3 is 2.83 bits per heavy atom. The first-order valence-electron chi connectivity index (χ1n) is 7.60. The fourth-order valence-corrected chi connectivity index (χ4v) is 2.66. The van der Waals surface area contributed by atoms with E-state index in [1.54, 1.807) is 6.21 Å². The summed E-state index contributed by atoms with van der Waals surface area (Å²) in [6, 6.07) is -0.590. The van der Waals surface area contributed by atoms with Crippen molar-refractivity contribution in [3.63, 3.8) is 0 Å². The van der Waals surface area contributed by atoms with E-state index in [1.807, 2.05) is 6.92 Å². The van der Waals surface area contributed by atoms with E-state index >= 15 is 0 Å². The molecular formula is C16H21N4O4+. The highest BCUT2D eigenvalue weighted by atomic mass is 16.5. The summed E-state index contributed by atoms with van der Waals surface area (Å²) in [6.07, 6.45) is 3.76. The number of carbonyl (C=O) groups excluding carboxylic acids is 3. The molecule has 0 spiro atoms. The summed E-state index contributed by atoms with van der Waals surface area (Å²) < 4.78 is 6.68. The predicted molar refractivity (Wildman–Crippen MR) is 87.8 cm³/mol. The second kappa shape index (κ2) is 7.20. The van der Waals surface area contributed by atoms with Crippen LogP contribution in [-0.2, 0) is 14.3 Å². The standard InChI is InChI=1S/C16H20N4O4/c1-5-7-17-11(21)9-20-15(22)12-13(24-4)10(6-2)8-18-14(12)19(3)16(20)23/h5,8,12H,1,6-7,9H2,2-4H3/p+1. The minimum absolute atomic E-state index is 0.263. The molecule has 2 heterocycles. The summed E-state index contributed by atoms with van der Waals surface area (Å²) in [6.45, 7) is 5.33. The number of ether oxygens (including phenoxy) is 1. The summed E-state index contributed by atoms with van der Waals surface area (Å²) in [4.78, 5) is 42.3. The molecule has 128 valence electrons. The summed E-state index contributed by atoms with van der Waals surface area (Å²) in [7, 11) is 3.00. The number of fused-ring (bicyclic) bond motifs is 1. The summed E-state index contributed by atoms with van der Waals surface area (Å²) >= 11 is 0. The highest BCUT2D eigenvalue weighted by molar-refractivity contribution is 6.16. The minimum atomic E-state index is -0.815. The van der Waals surface area contributed by atoms with E-state index < -0.39 is 23.8 Å². The largest absolute Gasteiger partial charge is 0.499 e. The van der Waals surface area contributed by atoms with Gasteiger partial charge in [-0.2, -0.15) is 9.48 Å². The molecule has 1 N–H and O–H groups in total. The number of aliphatic imine (C=N–C) groups is 1. The van der Waals surface area contributed by atoms with Crippen LogP contribution < -0.4 is 5.32 Å². The number of dihydropyridines is 1. The van der Waals surface area contributed by atoms with Gasteiger partial charge in [-0.1, -0.05) is 13.0 Å². The molecule has 0 aliphatic carbocycles. The van der Waals surface area contributed by atoms with Crippen LogP contribution in [0.4, 0.5) is 4.79 Å². The number of hydrogen-bond donors (Lipinski definition) is 1. The molecule has 0 aromatic heterocycles. The predicted octanol–water partition coefficient (Wildman–Crippen LogP) is 0.303. The second-order valence-corrected chi connectivity index (χ2v) is 5.36. The lowest BCUT2D eigenvalue weighted by Crippen LogP contribution is -2.57. The molecule has 2 aliphatic heterocycles. The second-order valence-electron chi connectivity index (χ2n) is 5.36. The Morgan fingerprint density at radius 2 is 2.25 bits per heavy atom. The zero-order valence-corrected chi connectivity index (χ0v) is 14.0. The maximum absolute atomic E-state index is 12.8. The van der Waals surface area contributed by atoms with Gasteiger partial charge in [0.05, 0.1) is 14.2 Å². The number of nitrogens with zero attached hydrogens (tertiary/aromatic N) is 3. The highest BCUT2D eigenvalue weighted by Crippen LogP contribution is 2.28. The highest BCUT2D eigenvalue weighted by Gasteiger charge is 2.50. The number of allylic oxidation sites excluding steroid dienone is 1. The molecule has 0 aromatic rings. The van der Waals surface area contributed by atoms with Crippen molar-refractivity contribution in [2.75, 3.05) is 27.2 Å². The smallest absolute Gasteiger partial charge is 0.446 e. The lowest BCUT2D eigenvalue weighted by atomic mass is 9.94. The average molecular weight is 333 g/mol. The van der Waals surface area contributed by atoms with Crippen LogP contribution in [0.3, 0.4) is 0 Å². The summed E-state index contributed by atoms with van der Waals surface area (Å²) in [5.41, 5.74) is 0.790. The average Bonchev–Trinajstić information content (AvgIpc) is 2.60. The van der Waals surface area contributed by atoms with Crippen LogP contribution in [0.5, 0.6) is 0 Å². The van der Waals surface area contributed by atoms with Crippen molar-refractivity contribution in [3.8, 4) is 0 Å². The van der Waals surface area contributed by atoms with E-state index in [2.05, 4.69) is 16.9 Å². The third-order valence-corrected chi connectivity index (χ3v) is 3.91. The first kappa shape index (κ1) is 17.6. The Morgan fingerprint density at radius 1 is 1.54 bits per heavy atom. The Hall–Kier alpha value is -2.77. The Balaban J connectivity index is 2.38. The molecule has 0 aromatic carbocycles. The molecule has 8 nitrogen and oxygen atoms in total. The van der Waals surface area contributed by atoms with E-state index in [0.717, 1.165) is 10.5 Å². The van der Waals surface area contributed by atoms with Crippen molar-refractivity contribution in [2.24, 2.45) is 10.9 Å². The van der Waals surface area contributed by atoms with Gasteiger partial charge in [0.25, 0.3) is 11.7 Å². The number of hydrogen-bond acceptors (Lipinski definition) is 5. The molecule has 2 aliphatic rings. The van der Waals surface area contributed by atoms with Gasteiger partial charge in [0.2, 0.25) is 0 Å². The normalized spacial score (nSPS) is 20.3. The van der Waals surface area contributed by atoms with E-state index in [0.29, 0.717) is 18.0 Å². The maximum atomic E-state index is 12.8. The molecule has 0 saturated carbocycles. The van der Waals surface area contributed by atoms with Gasteiger partial charge in [-0.3, -0.25) is 9.59 Å². The molecule has 2 rings (SSSR count). The number of methoxy groups -OCH3 is 1. The van der Waals surface area contributed by atoms with Gasteiger partial charge in [-0.05, 0) is 6.42 Å². The number of amides is 4. The van der Waals surface area contributed by atoms with Gasteiger partial charge >= 0.3 is 11.9 Å². The maximum Gasteiger partial charge on any atom is 0.446 e. The first-order valence-corrected chi connectivity index (χ1v) is 7.60. The molecule has 8 heteroatoms. The van der Waals surface area contributed by atoms with Gasteiger partial charge < -0.3 is 10.1 Å². The quantitative estimate of drug-likeness (QED) is 0.559. The SMILES string of the molecule is C=CCNC(=O)CN1C(=O)C2C(OC)=C(CC)C=NC2=[N+](C)C1=O. The number of rotatable bonds is 6. The van der Waals surface area contributed by atoms with Crippen LogP contribution in [0.25, 0.3) is 0 Å². The van der Waals surface area contributed by atoms with E-state index in [1.165, 1.54) is 24.8 Å². The van der Waals surface area contributed by atoms with Crippen LogP contribution in [0.2, 0.25) is 0 Å². The molecule has 4 amide bonds. The van der Waals surface area contributed by atoms with Crippen LogP contribution >= 0.6 is 0 Å². The van der Waals surface area contributed by atoms with Crippen molar-refractivity contribution >= 4 is 29.9 Å². The zero-order chi connectivity index (χ0) is 17.9. The van der Waals surface area contributed by atoms with Crippen molar-refractivity contribution in [2.45, 2.75) is 13.3 Å². The van der Waals surface area contributed by atoms with Crippen LogP contribution in [-0.4, -0.2) is 66.6 Å². The Labute approximate surface area is 140 Å². The summed E-state index contributed by atoms with van der Waals surface area (Å²) in [5.74, 6) is -0.997. The fraction of sp³-hybridized carbons (Fsp3) is 0.438. The van der Waals surface area contributed by atoms with Gasteiger partial charge in [0.1, 0.15) is 12.0 Å². The molecule has 0 saturated heterocycles. The molecular weight excluding hydrogens is 312 g/mol. The van der Waals surface area contributed by atoms with Gasteiger partial charge in [0.15, 0.2) is 12.5 Å². The number of urea groups is 1. The van der Waals surface area contributed by atoms with E-state index in [9.17, 15) is 14.4 Å². The van der Waals surface area contributed by atoms with E-state index in [-0.39, 0.29) is 13.1 Å². The van der Waals surface area contributed by atoms with Crippen molar-refractivity contribution < 1.29 is 23.7 Å². The van der Waals surface area contributed by atoms with Crippen LogP contribution in [0.1, 0.15) is 13.3 Å². The fourth-order valence-electron chi connectivity index (χ4n) is 2.66. The zero-order valence-electron chi connectivity index (χ0n) is 14.0. The molecule has 0 fully saturated rings. The van der Waals surface area contributed by atoms with Gasteiger partial charge in [0, 0.05) is 12.1 Å². The van der Waals surface area contributed by atoms with Crippen LogP contribution in [0, 0.1) is 5.92 Å². The topological polar surface area (TPSA) is 91.1 Å².